The monoisotopic (exact) mass is 395 g/mol. The largest absolute Gasteiger partial charge is 0.321 e. The van der Waals surface area contributed by atoms with Crippen LogP contribution in [0.5, 0.6) is 0 Å². The third-order valence-electron chi connectivity index (χ3n) is 3.31. The molecule has 2 aromatic carbocycles. The van der Waals surface area contributed by atoms with Crippen molar-refractivity contribution in [3.63, 3.8) is 0 Å². The van der Waals surface area contributed by atoms with Crippen molar-refractivity contribution in [2.45, 2.75) is 25.2 Å². The normalized spacial score (nSPS) is 11.3. The van der Waals surface area contributed by atoms with Crippen LogP contribution in [0.25, 0.3) is 0 Å². The number of anilines is 1. The van der Waals surface area contributed by atoms with Crippen molar-refractivity contribution in [1.29, 1.82) is 0 Å². The maximum Gasteiger partial charge on any atom is 0.257 e. The molecule has 2 rings (SSSR count). The smallest absolute Gasteiger partial charge is 0.257 e. The molecule has 6 heteroatoms. The predicted octanol–water partition coefficient (Wildman–Crippen LogP) is 4.19. The fourth-order valence-electron chi connectivity index (χ4n) is 2.22. The summed E-state index contributed by atoms with van der Waals surface area (Å²) in [7, 11) is -3.47. The lowest BCUT2D eigenvalue weighted by molar-refractivity contribution is 0.102. The molecule has 4 nitrogen and oxygen atoms in total. The van der Waals surface area contributed by atoms with Crippen molar-refractivity contribution in [3.05, 3.63) is 58.1 Å². The van der Waals surface area contributed by atoms with Crippen LogP contribution in [0.1, 0.15) is 29.3 Å². The van der Waals surface area contributed by atoms with Gasteiger partial charge in [0, 0.05) is 4.47 Å². The molecule has 1 amide bonds. The predicted molar refractivity (Wildman–Crippen MR) is 95.6 cm³/mol. The summed E-state index contributed by atoms with van der Waals surface area (Å²) in [6, 6.07) is 11.8. The zero-order valence-electron chi connectivity index (χ0n) is 13.0. The van der Waals surface area contributed by atoms with E-state index in [1.165, 1.54) is 12.1 Å². The Morgan fingerprint density at radius 1 is 1.17 bits per heavy atom. The summed E-state index contributed by atoms with van der Waals surface area (Å²) in [5, 5.41) is 2.76. The Bertz CT molecular complexity index is 831. The lowest BCUT2D eigenvalue weighted by Crippen LogP contribution is -2.18. The van der Waals surface area contributed by atoms with E-state index in [1.54, 1.807) is 25.1 Å². The number of aryl methyl sites for hydroxylation is 1. The number of hydrogen-bond acceptors (Lipinski definition) is 3. The fourth-order valence-corrected chi connectivity index (χ4v) is 4.35. The highest BCUT2D eigenvalue weighted by Crippen LogP contribution is 2.25. The van der Waals surface area contributed by atoms with Gasteiger partial charge in [0.05, 0.1) is 21.9 Å². The molecule has 2 aromatic rings. The van der Waals surface area contributed by atoms with Crippen LogP contribution >= 0.6 is 15.9 Å². The van der Waals surface area contributed by atoms with Crippen LogP contribution in [-0.4, -0.2) is 20.1 Å². The molecule has 0 unspecified atom stereocenters. The highest BCUT2D eigenvalue weighted by Gasteiger charge is 2.21. The molecule has 0 saturated heterocycles. The molecule has 122 valence electrons. The lowest BCUT2D eigenvalue weighted by Gasteiger charge is -2.12. The summed E-state index contributed by atoms with van der Waals surface area (Å²) in [6.07, 6.45) is 0.502. The highest BCUT2D eigenvalue weighted by atomic mass is 79.9. The van der Waals surface area contributed by atoms with E-state index in [0.29, 0.717) is 12.1 Å². The van der Waals surface area contributed by atoms with Gasteiger partial charge in [-0.25, -0.2) is 8.42 Å². The second-order valence-electron chi connectivity index (χ2n) is 5.25. The van der Waals surface area contributed by atoms with E-state index < -0.39 is 15.7 Å². The molecule has 0 heterocycles. The first-order valence-electron chi connectivity index (χ1n) is 7.24. The van der Waals surface area contributed by atoms with Crippen LogP contribution in [0.2, 0.25) is 0 Å². The number of hydrogen-bond donors (Lipinski definition) is 1. The quantitative estimate of drug-likeness (QED) is 0.824. The van der Waals surface area contributed by atoms with Crippen LogP contribution in [0, 0.1) is 6.92 Å². The van der Waals surface area contributed by atoms with Gasteiger partial charge in [0.25, 0.3) is 5.91 Å². The van der Waals surface area contributed by atoms with E-state index in [9.17, 15) is 13.2 Å². The number of carbonyl (C=O) groups excluding carboxylic acids is 1. The van der Waals surface area contributed by atoms with Gasteiger partial charge in [0.1, 0.15) is 0 Å². The summed E-state index contributed by atoms with van der Waals surface area (Å²) < 4.78 is 25.4. The Morgan fingerprint density at radius 3 is 2.52 bits per heavy atom. The van der Waals surface area contributed by atoms with Gasteiger partial charge < -0.3 is 5.32 Å². The first-order chi connectivity index (χ1) is 10.8. The minimum atomic E-state index is -3.47. The van der Waals surface area contributed by atoms with Crippen molar-refractivity contribution in [2.24, 2.45) is 0 Å². The summed E-state index contributed by atoms with van der Waals surface area (Å²) in [6.45, 7) is 3.74. The van der Waals surface area contributed by atoms with Gasteiger partial charge in [-0.3, -0.25) is 4.79 Å². The first-order valence-corrected chi connectivity index (χ1v) is 9.69. The molecule has 0 aliphatic heterocycles. The van der Waals surface area contributed by atoms with Gasteiger partial charge in [-0.2, -0.15) is 0 Å². The van der Waals surface area contributed by atoms with E-state index in [4.69, 9.17) is 0 Å². The van der Waals surface area contributed by atoms with Crippen molar-refractivity contribution in [1.82, 2.24) is 0 Å². The second-order valence-corrected chi connectivity index (χ2v) is 8.18. The van der Waals surface area contributed by atoms with Crippen molar-refractivity contribution in [2.75, 3.05) is 11.1 Å². The van der Waals surface area contributed by atoms with Crippen LogP contribution in [0.3, 0.4) is 0 Å². The zero-order chi connectivity index (χ0) is 17.0. The maximum atomic E-state index is 12.5. The molecule has 0 fully saturated rings. The van der Waals surface area contributed by atoms with Gasteiger partial charge in [-0.1, -0.05) is 25.1 Å². The topological polar surface area (TPSA) is 63.2 Å². The standard InChI is InChI=1S/C17H18BrNO3S/c1-3-10-23(21,22)16-7-5-4-6-13(16)17(20)19-15-9-8-12(2)11-14(15)18/h4-9,11H,3,10H2,1-2H3,(H,19,20). The van der Waals surface area contributed by atoms with Gasteiger partial charge >= 0.3 is 0 Å². The third kappa shape index (κ3) is 4.20. The maximum absolute atomic E-state index is 12.5. The molecule has 0 bridgehead atoms. The summed E-state index contributed by atoms with van der Waals surface area (Å²) >= 11 is 3.40. The molecule has 0 aliphatic carbocycles. The second kappa shape index (κ2) is 7.27. The number of nitrogens with one attached hydrogen (secondary N) is 1. The van der Waals surface area contributed by atoms with Gasteiger partial charge in [-0.15, -0.1) is 0 Å². The van der Waals surface area contributed by atoms with Crippen LogP contribution in [-0.2, 0) is 9.84 Å². The number of sulfone groups is 1. The van der Waals surface area contributed by atoms with Crippen LogP contribution in [0.15, 0.2) is 51.8 Å². The van der Waals surface area contributed by atoms with Crippen LogP contribution < -0.4 is 5.32 Å². The van der Waals surface area contributed by atoms with Gasteiger partial charge in [0.15, 0.2) is 9.84 Å². The van der Waals surface area contributed by atoms with Gasteiger partial charge in [-0.05, 0) is 59.1 Å². The number of carbonyl (C=O) groups is 1. The highest BCUT2D eigenvalue weighted by molar-refractivity contribution is 9.10. The Hall–Kier alpha value is -1.66. The Kier molecular flexibility index (Phi) is 5.59. The van der Waals surface area contributed by atoms with E-state index in [-0.39, 0.29) is 16.2 Å². The minimum Gasteiger partial charge on any atom is -0.321 e. The zero-order valence-corrected chi connectivity index (χ0v) is 15.4. The minimum absolute atomic E-state index is 0.0194. The molecule has 0 radical (unpaired) electrons. The number of amides is 1. The lowest BCUT2D eigenvalue weighted by atomic mass is 10.2. The average molecular weight is 396 g/mol. The molecular formula is C17H18BrNO3S. The molecule has 0 spiro atoms. The summed E-state index contributed by atoms with van der Waals surface area (Å²) in [5.74, 6) is -0.421. The summed E-state index contributed by atoms with van der Waals surface area (Å²) in [4.78, 5) is 12.6. The Balaban J connectivity index is 2.37. The SMILES string of the molecule is CCCS(=O)(=O)c1ccccc1C(=O)Nc1ccc(C)cc1Br. The van der Waals surface area contributed by atoms with Crippen LogP contribution in [0.4, 0.5) is 5.69 Å². The van der Waals surface area contributed by atoms with E-state index in [2.05, 4.69) is 21.2 Å². The third-order valence-corrected chi connectivity index (χ3v) is 5.94. The Morgan fingerprint density at radius 2 is 1.87 bits per heavy atom. The van der Waals surface area contributed by atoms with Gasteiger partial charge in [0.2, 0.25) is 0 Å². The molecular weight excluding hydrogens is 378 g/mol. The summed E-state index contributed by atoms with van der Waals surface area (Å²) in [5.41, 5.74) is 1.82. The van der Waals surface area contributed by atoms with E-state index in [0.717, 1.165) is 10.0 Å². The van der Waals surface area contributed by atoms with Crippen molar-refractivity contribution in [3.8, 4) is 0 Å². The number of rotatable bonds is 5. The number of benzene rings is 2. The van der Waals surface area contributed by atoms with Crippen molar-refractivity contribution < 1.29 is 13.2 Å². The number of halogens is 1. The molecule has 0 saturated carbocycles. The van der Waals surface area contributed by atoms with E-state index >= 15 is 0 Å². The van der Waals surface area contributed by atoms with E-state index in [1.807, 2.05) is 19.1 Å². The average Bonchev–Trinajstić information content (AvgIpc) is 2.50. The molecule has 1 N–H and O–H groups in total. The fraction of sp³-hybridized carbons (Fsp3) is 0.235. The Labute approximate surface area is 145 Å². The molecule has 0 aromatic heterocycles. The first kappa shape index (κ1) is 17.7. The molecule has 0 aliphatic rings. The molecule has 0 atom stereocenters. The van der Waals surface area contributed by atoms with Crippen molar-refractivity contribution >= 4 is 37.4 Å². The molecule has 23 heavy (non-hydrogen) atoms.